The average Bonchev–Trinajstić information content (AvgIpc) is 2.97. The summed E-state index contributed by atoms with van der Waals surface area (Å²) in [5, 5.41) is 0. The molecule has 1 aliphatic heterocycles. The van der Waals surface area contributed by atoms with E-state index in [9.17, 15) is 14.4 Å². The molecule has 0 saturated heterocycles. The van der Waals surface area contributed by atoms with Crippen LogP contribution < -0.4 is 4.74 Å². The number of esters is 1. The van der Waals surface area contributed by atoms with E-state index >= 15 is 0 Å². The second-order valence-corrected chi connectivity index (χ2v) is 8.18. The van der Waals surface area contributed by atoms with Crippen molar-refractivity contribution in [2.75, 3.05) is 19.8 Å². The number of rotatable bonds is 9. The minimum Gasteiger partial charge on any atom is -0.492 e. The van der Waals surface area contributed by atoms with Crippen LogP contribution in [-0.2, 0) is 9.53 Å². The van der Waals surface area contributed by atoms with Gasteiger partial charge in [-0.25, -0.2) is 0 Å². The van der Waals surface area contributed by atoms with E-state index in [1.54, 1.807) is 24.3 Å². The number of nitrogens with zero attached hydrogens (tertiary/aromatic N) is 1. The van der Waals surface area contributed by atoms with E-state index < -0.39 is 0 Å². The molecule has 0 saturated carbocycles. The predicted octanol–water partition coefficient (Wildman–Crippen LogP) is 4.57. The molecule has 3 rings (SSSR count). The number of benzene rings is 2. The highest BCUT2D eigenvalue weighted by molar-refractivity contribution is 9.10. The molecule has 30 heavy (non-hydrogen) atoms. The first-order valence-corrected chi connectivity index (χ1v) is 10.7. The number of carbonyl (C=O) groups is 3. The molecule has 1 aliphatic rings. The lowest BCUT2D eigenvalue weighted by atomic mass is 10.0. The number of hydrogen-bond acceptors (Lipinski definition) is 5. The summed E-state index contributed by atoms with van der Waals surface area (Å²) in [4.78, 5) is 37.5. The van der Waals surface area contributed by atoms with Gasteiger partial charge < -0.3 is 9.47 Å². The number of ether oxygens (including phenoxy) is 2. The minimum atomic E-state index is -0.385. The van der Waals surface area contributed by atoms with Gasteiger partial charge in [0.15, 0.2) is 0 Å². The predicted molar refractivity (Wildman–Crippen MR) is 116 cm³/mol. The molecule has 6 nitrogen and oxygen atoms in total. The van der Waals surface area contributed by atoms with Crippen molar-refractivity contribution in [3.05, 3.63) is 63.6 Å². The van der Waals surface area contributed by atoms with Crippen LogP contribution in [0.5, 0.6) is 5.75 Å². The van der Waals surface area contributed by atoms with E-state index in [0.717, 1.165) is 15.1 Å². The monoisotopic (exact) mass is 473 g/mol. The first-order chi connectivity index (χ1) is 14.4. The van der Waals surface area contributed by atoms with Crippen LogP contribution in [-0.4, -0.2) is 42.4 Å². The van der Waals surface area contributed by atoms with E-state index in [4.69, 9.17) is 9.47 Å². The molecule has 2 amide bonds. The molecular weight excluding hydrogens is 450 g/mol. The number of halogens is 1. The molecule has 7 heteroatoms. The highest BCUT2D eigenvalue weighted by Crippen LogP contribution is 2.29. The van der Waals surface area contributed by atoms with Crippen molar-refractivity contribution in [1.29, 1.82) is 0 Å². The van der Waals surface area contributed by atoms with Gasteiger partial charge in [-0.2, -0.15) is 0 Å². The molecule has 0 aromatic heterocycles. The summed E-state index contributed by atoms with van der Waals surface area (Å²) < 4.78 is 11.8. The standard InChI is InChI=1S/C23H24BrNO5/c1-15(2)16-9-10-20(19(24)14-16)29-12-5-8-21(26)30-13-11-25-22(27)17-6-3-4-7-18(17)23(25)28/h3-4,6-7,9-10,14-15H,5,8,11-13H2,1-2H3. The van der Waals surface area contributed by atoms with E-state index in [1.807, 2.05) is 18.2 Å². The summed E-state index contributed by atoms with van der Waals surface area (Å²) in [6.07, 6.45) is 0.702. The van der Waals surface area contributed by atoms with Gasteiger partial charge in [0, 0.05) is 6.42 Å². The highest BCUT2D eigenvalue weighted by atomic mass is 79.9. The topological polar surface area (TPSA) is 72.9 Å². The second kappa shape index (κ2) is 9.89. The summed E-state index contributed by atoms with van der Waals surface area (Å²) in [6.45, 7) is 4.66. The summed E-state index contributed by atoms with van der Waals surface area (Å²) in [5.74, 6) is 0.0801. The van der Waals surface area contributed by atoms with Gasteiger partial charge in [-0.15, -0.1) is 0 Å². The molecular formula is C23H24BrNO5. The molecule has 0 unspecified atom stereocenters. The van der Waals surface area contributed by atoms with Gasteiger partial charge in [-0.1, -0.05) is 32.0 Å². The van der Waals surface area contributed by atoms with E-state index in [0.29, 0.717) is 30.1 Å². The molecule has 158 valence electrons. The van der Waals surface area contributed by atoms with Crippen molar-refractivity contribution < 1.29 is 23.9 Å². The van der Waals surface area contributed by atoms with Crippen LogP contribution in [0.3, 0.4) is 0 Å². The smallest absolute Gasteiger partial charge is 0.305 e. The Labute approximate surface area is 184 Å². The molecule has 0 spiro atoms. The fourth-order valence-electron chi connectivity index (χ4n) is 3.16. The van der Waals surface area contributed by atoms with Gasteiger partial charge in [-0.3, -0.25) is 19.3 Å². The Morgan fingerprint density at radius 2 is 1.70 bits per heavy atom. The fraction of sp³-hybridized carbons (Fsp3) is 0.348. The molecule has 0 atom stereocenters. The maximum absolute atomic E-state index is 12.3. The number of amides is 2. The first-order valence-electron chi connectivity index (χ1n) is 9.91. The fourth-order valence-corrected chi connectivity index (χ4v) is 3.67. The van der Waals surface area contributed by atoms with Crippen molar-refractivity contribution in [1.82, 2.24) is 4.90 Å². The molecule has 0 aliphatic carbocycles. The molecule has 0 fully saturated rings. The van der Waals surface area contributed by atoms with Crippen LogP contribution in [0, 0.1) is 0 Å². The Hall–Kier alpha value is -2.67. The zero-order valence-corrected chi connectivity index (χ0v) is 18.6. The summed E-state index contributed by atoms with van der Waals surface area (Å²) in [7, 11) is 0. The van der Waals surface area contributed by atoms with Crippen LogP contribution in [0.4, 0.5) is 0 Å². The Kier molecular flexibility index (Phi) is 7.26. The molecule has 1 heterocycles. The van der Waals surface area contributed by atoms with E-state index in [1.165, 1.54) is 5.56 Å². The second-order valence-electron chi connectivity index (χ2n) is 7.32. The summed E-state index contributed by atoms with van der Waals surface area (Å²) in [5.41, 5.74) is 1.99. The summed E-state index contributed by atoms with van der Waals surface area (Å²) >= 11 is 3.51. The van der Waals surface area contributed by atoms with Gasteiger partial charge in [0.2, 0.25) is 0 Å². The van der Waals surface area contributed by atoms with Gasteiger partial charge in [-0.05, 0) is 58.1 Å². The zero-order chi connectivity index (χ0) is 21.7. The minimum absolute atomic E-state index is 0.0205. The van der Waals surface area contributed by atoms with Gasteiger partial charge in [0.05, 0.1) is 28.8 Å². The van der Waals surface area contributed by atoms with Crippen molar-refractivity contribution in [3.8, 4) is 5.75 Å². The lowest BCUT2D eigenvalue weighted by Crippen LogP contribution is -2.33. The first kappa shape index (κ1) is 22.0. The van der Waals surface area contributed by atoms with Gasteiger partial charge in [0.25, 0.3) is 11.8 Å². The van der Waals surface area contributed by atoms with Gasteiger partial charge >= 0.3 is 5.97 Å². The van der Waals surface area contributed by atoms with E-state index in [-0.39, 0.29) is 37.4 Å². The van der Waals surface area contributed by atoms with Crippen molar-refractivity contribution >= 4 is 33.7 Å². The molecule has 2 aromatic rings. The quantitative estimate of drug-likeness (QED) is 0.303. The molecule has 0 bridgehead atoms. The SMILES string of the molecule is CC(C)c1ccc(OCCCC(=O)OCCN2C(=O)c3ccccc3C2=O)c(Br)c1. The number of carbonyl (C=O) groups excluding carboxylic acids is 3. The van der Waals surface area contributed by atoms with Crippen LogP contribution in [0.15, 0.2) is 46.9 Å². The maximum atomic E-state index is 12.3. The highest BCUT2D eigenvalue weighted by Gasteiger charge is 2.34. The van der Waals surface area contributed by atoms with Crippen LogP contribution >= 0.6 is 15.9 Å². The normalized spacial score (nSPS) is 13.0. The zero-order valence-electron chi connectivity index (χ0n) is 17.0. The lowest BCUT2D eigenvalue weighted by molar-refractivity contribution is -0.144. The third kappa shape index (κ3) is 5.08. The van der Waals surface area contributed by atoms with Crippen molar-refractivity contribution in [2.45, 2.75) is 32.6 Å². The molecule has 0 radical (unpaired) electrons. The maximum Gasteiger partial charge on any atom is 0.305 e. The third-order valence-electron chi connectivity index (χ3n) is 4.86. The number of hydrogen-bond donors (Lipinski definition) is 0. The van der Waals surface area contributed by atoms with Crippen molar-refractivity contribution in [3.63, 3.8) is 0 Å². The van der Waals surface area contributed by atoms with Crippen LogP contribution in [0.25, 0.3) is 0 Å². The Morgan fingerprint density at radius 3 is 2.30 bits per heavy atom. The molecule has 2 aromatic carbocycles. The van der Waals surface area contributed by atoms with E-state index in [2.05, 4.69) is 29.8 Å². The summed E-state index contributed by atoms with van der Waals surface area (Å²) in [6, 6.07) is 12.7. The Balaban J connectivity index is 1.36. The number of imide groups is 1. The van der Waals surface area contributed by atoms with Crippen LogP contribution in [0.2, 0.25) is 0 Å². The van der Waals surface area contributed by atoms with Crippen molar-refractivity contribution in [2.24, 2.45) is 0 Å². The Morgan fingerprint density at radius 1 is 1.03 bits per heavy atom. The largest absolute Gasteiger partial charge is 0.492 e. The third-order valence-corrected chi connectivity index (χ3v) is 5.48. The Bertz CT molecular complexity index is 921. The lowest BCUT2D eigenvalue weighted by Gasteiger charge is -2.14. The molecule has 0 N–H and O–H groups in total. The van der Waals surface area contributed by atoms with Crippen LogP contribution in [0.1, 0.15) is 58.9 Å². The average molecular weight is 474 g/mol. The number of fused-ring (bicyclic) bond motifs is 1. The van der Waals surface area contributed by atoms with Gasteiger partial charge in [0.1, 0.15) is 12.4 Å².